The number of carbonyl (C=O) groups excluding carboxylic acids is 1. The van der Waals surface area contributed by atoms with Crippen LogP contribution in [0.4, 0.5) is 11.4 Å². The molecule has 0 saturated carbocycles. The third kappa shape index (κ3) is 7.25. The van der Waals surface area contributed by atoms with Crippen molar-refractivity contribution in [3.63, 3.8) is 0 Å². The standard InChI is InChI=1S/C30H44N4O6S/c1-5-32-16-18-33(19-17-32)26-13-12-24(41(36,37)34-14-10-9-11-15-34)22-25(26)31-30(35)23-20-27(38-6-2)29(40-8-4)28(21-23)39-7-3/h12-13,20-22H,5-11,14-19H2,1-4H3,(H,31,35). The van der Waals surface area contributed by atoms with Crippen molar-refractivity contribution in [3.8, 4) is 17.2 Å². The summed E-state index contributed by atoms with van der Waals surface area (Å²) in [6.45, 7) is 14.3. The number of rotatable bonds is 12. The molecule has 0 bridgehead atoms. The van der Waals surface area contributed by atoms with E-state index in [1.54, 1.807) is 28.6 Å². The van der Waals surface area contributed by atoms with Crippen molar-refractivity contribution in [1.82, 2.24) is 9.21 Å². The van der Waals surface area contributed by atoms with E-state index in [9.17, 15) is 13.2 Å². The van der Waals surface area contributed by atoms with Crippen molar-refractivity contribution in [3.05, 3.63) is 35.9 Å². The summed E-state index contributed by atoms with van der Waals surface area (Å²) in [6, 6.07) is 8.37. The fourth-order valence-corrected chi connectivity index (χ4v) is 6.87. The smallest absolute Gasteiger partial charge is 0.255 e. The van der Waals surface area contributed by atoms with E-state index < -0.39 is 15.9 Å². The molecule has 2 heterocycles. The number of benzene rings is 2. The van der Waals surface area contributed by atoms with Crippen LogP contribution in [-0.4, -0.2) is 89.2 Å². The molecular formula is C30H44N4O6S. The van der Waals surface area contributed by atoms with Gasteiger partial charge in [-0.3, -0.25) is 4.79 Å². The molecule has 10 nitrogen and oxygen atoms in total. The number of nitrogens with zero attached hydrogens (tertiary/aromatic N) is 3. The van der Waals surface area contributed by atoms with Gasteiger partial charge in [0.05, 0.1) is 36.1 Å². The first kappa shape index (κ1) is 30.9. The molecule has 41 heavy (non-hydrogen) atoms. The fraction of sp³-hybridized carbons (Fsp3) is 0.567. The van der Waals surface area contributed by atoms with Crippen LogP contribution in [0, 0.1) is 0 Å². The zero-order valence-electron chi connectivity index (χ0n) is 24.8. The Morgan fingerprint density at radius 2 is 1.41 bits per heavy atom. The van der Waals surface area contributed by atoms with Gasteiger partial charge < -0.3 is 29.3 Å². The van der Waals surface area contributed by atoms with Gasteiger partial charge in [-0.1, -0.05) is 13.3 Å². The number of piperidine rings is 1. The lowest BCUT2D eigenvalue weighted by Gasteiger charge is -2.36. The normalized spacial score (nSPS) is 16.8. The number of nitrogens with one attached hydrogen (secondary N) is 1. The SMILES string of the molecule is CCOc1cc(C(=O)Nc2cc(S(=O)(=O)N3CCCCC3)ccc2N2CCN(CC)CC2)cc(OCC)c1OCC. The van der Waals surface area contributed by atoms with Crippen LogP contribution < -0.4 is 24.4 Å². The summed E-state index contributed by atoms with van der Waals surface area (Å²) in [5.74, 6) is 0.901. The number of hydrogen-bond donors (Lipinski definition) is 1. The van der Waals surface area contributed by atoms with E-state index in [1.807, 2.05) is 26.8 Å². The van der Waals surface area contributed by atoms with Gasteiger partial charge >= 0.3 is 0 Å². The summed E-state index contributed by atoms with van der Waals surface area (Å²) in [4.78, 5) is 18.5. The second-order valence-corrected chi connectivity index (χ2v) is 12.1. The Kier molecular flexibility index (Phi) is 10.7. The molecule has 0 atom stereocenters. The summed E-state index contributed by atoms with van der Waals surface area (Å²) in [6.07, 6.45) is 2.74. The topological polar surface area (TPSA) is 101 Å². The number of piperazine rings is 1. The van der Waals surface area contributed by atoms with E-state index in [2.05, 4.69) is 22.0 Å². The van der Waals surface area contributed by atoms with Crippen LogP contribution in [0.5, 0.6) is 17.2 Å². The van der Waals surface area contributed by atoms with Crippen molar-refractivity contribution in [2.75, 3.05) is 75.9 Å². The van der Waals surface area contributed by atoms with Crippen molar-refractivity contribution in [1.29, 1.82) is 0 Å². The molecular weight excluding hydrogens is 544 g/mol. The van der Waals surface area contributed by atoms with Crippen LogP contribution in [0.25, 0.3) is 0 Å². The predicted molar refractivity (Wildman–Crippen MR) is 161 cm³/mol. The zero-order valence-corrected chi connectivity index (χ0v) is 25.6. The van der Waals surface area contributed by atoms with Crippen molar-refractivity contribution < 1.29 is 27.4 Å². The van der Waals surface area contributed by atoms with Gasteiger partial charge in [0.1, 0.15) is 0 Å². The van der Waals surface area contributed by atoms with E-state index in [1.165, 1.54) is 0 Å². The lowest BCUT2D eigenvalue weighted by molar-refractivity contribution is 0.102. The first-order valence-corrected chi connectivity index (χ1v) is 16.3. The van der Waals surface area contributed by atoms with Crippen molar-refractivity contribution in [2.24, 2.45) is 0 Å². The summed E-state index contributed by atoms with van der Waals surface area (Å²) in [5.41, 5.74) is 1.59. The van der Waals surface area contributed by atoms with Crippen LogP contribution in [-0.2, 0) is 10.0 Å². The molecule has 11 heteroatoms. The largest absolute Gasteiger partial charge is 0.490 e. The molecule has 0 aromatic heterocycles. The van der Waals surface area contributed by atoms with Crippen molar-refractivity contribution >= 4 is 27.3 Å². The second-order valence-electron chi connectivity index (χ2n) is 10.1. The summed E-state index contributed by atoms with van der Waals surface area (Å²) < 4.78 is 46.0. The van der Waals surface area contributed by atoms with Crippen LogP contribution in [0.15, 0.2) is 35.2 Å². The highest BCUT2D eigenvalue weighted by molar-refractivity contribution is 7.89. The Bertz CT molecular complexity index is 1260. The number of likely N-dealkylation sites (N-methyl/N-ethyl adjacent to an activating group) is 1. The molecule has 2 aromatic carbocycles. The minimum absolute atomic E-state index is 0.183. The van der Waals surface area contributed by atoms with Crippen LogP contribution >= 0.6 is 0 Å². The summed E-state index contributed by atoms with van der Waals surface area (Å²) in [7, 11) is -3.69. The van der Waals surface area contributed by atoms with Crippen LogP contribution in [0.2, 0.25) is 0 Å². The third-order valence-corrected chi connectivity index (χ3v) is 9.40. The zero-order chi connectivity index (χ0) is 29.4. The Hall–Kier alpha value is -3.02. The number of ether oxygens (including phenoxy) is 3. The molecule has 4 rings (SSSR count). The lowest BCUT2D eigenvalue weighted by atomic mass is 10.1. The predicted octanol–water partition coefficient (Wildman–Crippen LogP) is 4.45. The minimum Gasteiger partial charge on any atom is -0.490 e. The Morgan fingerprint density at radius 1 is 0.805 bits per heavy atom. The minimum atomic E-state index is -3.69. The fourth-order valence-electron chi connectivity index (χ4n) is 5.33. The van der Waals surface area contributed by atoms with Gasteiger partial charge in [0.2, 0.25) is 15.8 Å². The highest BCUT2D eigenvalue weighted by Crippen LogP contribution is 2.40. The molecule has 0 spiro atoms. The highest BCUT2D eigenvalue weighted by atomic mass is 32.2. The third-order valence-electron chi connectivity index (χ3n) is 7.50. The molecule has 1 amide bonds. The average molecular weight is 589 g/mol. The van der Waals surface area contributed by atoms with Gasteiger partial charge in [-0.25, -0.2) is 8.42 Å². The molecule has 0 unspecified atom stereocenters. The maximum absolute atomic E-state index is 13.7. The van der Waals surface area contributed by atoms with E-state index >= 15 is 0 Å². The van der Waals surface area contributed by atoms with Gasteiger partial charge in [0, 0.05) is 44.8 Å². The van der Waals surface area contributed by atoms with Gasteiger partial charge in [-0.2, -0.15) is 4.31 Å². The number of anilines is 2. The molecule has 0 radical (unpaired) electrons. The van der Waals surface area contributed by atoms with Gasteiger partial charge in [0.25, 0.3) is 5.91 Å². The van der Waals surface area contributed by atoms with Gasteiger partial charge in [-0.05, 0) is 70.5 Å². The van der Waals surface area contributed by atoms with Crippen molar-refractivity contribution in [2.45, 2.75) is 51.9 Å². The van der Waals surface area contributed by atoms with E-state index in [-0.39, 0.29) is 4.90 Å². The molecule has 2 saturated heterocycles. The second kappa shape index (κ2) is 14.2. The molecule has 2 aromatic rings. The van der Waals surface area contributed by atoms with Crippen LogP contribution in [0.3, 0.4) is 0 Å². The number of hydrogen-bond acceptors (Lipinski definition) is 8. The number of amides is 1. The van der Waals surface area contributed by atoms with E-state index in [0.29, 0.717) is 61.4 Å². The molecule has 2 aliphatic heterocycles. The first-order chi connectivity index (χ1) is 19.8. The Balaban J connectivity index is 1.71. The lowest BCUT2D eigenvalue weighted by Crippen LogP contribution is -2.46. The molecule has 2 aliphatic rings. The number of sulfonamides is 1. The average Bonchev–Trinajstić information content (AvgIpc) is 2.99. The molecule has 226 valence electrons. The van der Waals surface area contributed by atoms with Gasteiger partial charge in [-0.15, -0.1) is 0 Å². The molecule has 0 aliphatic carbocycles. The molecule has 2 fully saturated rings. The van der Waals surface area contributed by atoms with Gasteiger partial charge in [0.15, 0.2) is 11.5 Å². The summed E-state index contributed by atoms with van der Waals surface area (Å²) in [5, 5.41) is 3.03. The summed E-state index contributed by atoms with van der Waals surface area (Å²) >= 11 is 0. The van der Waals surface area contributed by atoms with Crippen LogP contribution in [0.1, 0.15) is 57.3 Å². The monoisotopic (exact) mass is 588 g/mol. The Morgan fingerprint density at radius 3 is 1.98 bits per heavy atom. The molecule has 1 N–H and O–H groups in total. The maximum atomic E-state index is 13.7. The highest BCUT2D eigenvalue weighted by Gasteiger charge is 2.28. The quantitative estimate of drug-likeness (QED) is 0.388. The number of carbonyl (C=O) groups is 1. The van der Waals surface area contributed by atoms with E-state index in [4.69, 9.17) is 14.2 Å². The maximum Gasteiger partial charge on any atom is 0.255 e. The Labute approximate surface area is 244 Å². The first-order valence-electron chi connectivity index (χ1n) is 14.8. The van der Waals surface area contributed by atoms with E-state index in [0.717, 1.165) is 57.7 Å².